The molecule has 6 heterocycles. The molecule has 4 aromatic heterocycles. The largest absolute Gasteiger partial charge is 0.396 e. The van der Waals surface area contributed by atoms with Gasteiger partial charge in [-0.3, -0.25) is 18.0 Å². The van der Waals surface area contributed by atoms with Crippen LogP contribution in [0.25, 0.3) is 0 Å². The van der Waals surface area contributed by atoms with E-state index in [0.717, 1.165) is 41.5 Å². The third-order valence-corrected chi connectivity index (χ3v) is 18.3. The predicted octanol–water partition coefficient (Wildman–Crippen LogP) is 6.87. The average molecular weight is 1340 g/mol. The quantitative estimate of drug-likeness (QED) is 0.0278. The van der Waals surface area contributed by atoms with E-state index in [1.807, 2.05) is 18.2 Å². The van der Waals surface area contributed by atoms with Gasteiger partial charge < -0.3 is 40.5 Å². The number of aromatic nitrogens is 4. The molecule has 0 spiro atoms. The number of anilines is 2. The molecular formula is C52H60Cl5N9O14S4. The molecule has 6 aromatic rings. The van der Waals surface area contributed by atoms with E-state index in [9.17, 15) is 46.9 Å². The van der Waals surface area contributed by atoms with Crippen LogP contribution in [0.1, 0.15) is 104 Å². The highest BCUT2D eigenvalue weighted by Gasteiger charge is 2.45. The maximum atomic E-state index is 13.6. The zero-order valence-corrected chi connectivity index (χ0v) is 51.4. The fourth-order valence-corrected chi connectivity index (χ4v) is 13.9. The number of carbonyl (C=O) groups excluding carboxylic acids is 2. The van der Waals surface area contributed by atoms with Crippen molar-refractivity contribution in [3.63, 3.8) is 0 Å². The Morgan fingerprint density at radius 3 is 1.68 bits per heavy atom. The van der Waals surface area contributed by atoms with Gasteiger partial charge in [-0.25, -0.2) is 35.5 Å². The second kappa shape index (κ2) is 30.2. The molecule has 2 unspecified atom stereocenters. The van der Waals surface area contributed by atoms with E-state index in [1.54, 1.807) is 36.4 Å². The van der Waals surface area contributed by atoms with Crippen LogP contribution < -0.4 is 26.2 Å². The molecule has 32 heteroatoms. The minimum atomic E-state index is -4.14. The van der Waals surface area contributed by atoms with Gasteiger partial charge in [0.15, 0.2) is 0 Å². The van der Waals surface area contributed by atoms with E-state index < -0.39 is 61.6 Å². The highest BCUT2D eigenvalue weighted by Crippen LogP contribution is 2.50. The summed E-state index contributed by atoms with van der Waals surface area (Å²) in [6.07, 6.45) is 8.16. The van der Waals surface area contributed by atoms with Crippen LogP contribution in [0.4, 0.5) is 11.6 Å². The lowest BCUT2D eigenvalue weighted by Crippen LogP contribution is -2.41. The number of ketones is 2. The Morgan fingerprint density at radius 1 is 0.726 bits per heavy atom. The van der Waals surface area contributed by atoms with Crippen molar-refractivity contribution in [1.29, 1.82) is 0 Å². The molecule has 84 heavy (non-hydrogen) atoms. The van der Waals surface area contributed by atoms with Crippen LogP contribution in [-0.4, -0.2) is 133 Å². The molecule has 0 amide bonds. The van der Waals surface area contributed by atoms with Crippen LogP contribution >= 0.6 is 80.9 Å². The topological polar surface area (TPSA) is 374 Å². The predicted molar refractivity (Wildman–Crippen MR) is 319 cm³/mol. The minimum absolute atomic E-state index is 0.0843. The number of ether oxygens (including phenoxy) is 2. The first-order valence-corrected chi connectivity index (χ1v) is 32.3. The van der Waals surface area contributed by atoms with Crippen LogP contribution in [0.5, 0.6) is 0 Å². The van der Waals surface area contributed by atoms with E-state index in [4.69, 9.17) is 66.2 Å². The van der Waals surface area contributed by atoms with Gasteiger partial charge in [0, 0.05) is 90.1 Å². The monoisotopic (exact) mass is 1340 g/mol. The summed E-state index contributed by atoms with van der Waals surface area (Å²) in [4.78, 5) is 44.2. The van der Waals surface area contributed by atoms with Crippen molar-refractivity contribution >= 4 is 125 Å². The Kier molecular flexibility index (Phi) is 24.2. The number of hydrogen-bond acceptors (Lipinski definition) is 23. The molecule has 2 saturated heterocycles. The van der Waals surface area contributed by atoms with Crippen LogP contribution in [0, 0.1) is 11.8 Å². The third kappa shape index (κ3) is 17.3. The van der Waals surface area contributed by atoms with E-state index >= 15 is 0 Å². The zero-order chi connectivity index (χ0) is 61.0. The maximum Gasteiger partial charge on any atom is 0.333 e. The smallest absolute Gasteiger partial charge is 0.333 e. The van der Waals surface area contributed by atoms with Crippen LogP contribution in [0.2, 0.25) is 18.7 Å². The minimum Gasteiger partial charge on any atom is -0.396 e. The SMILES string of the molecule is C1CCOC1.NCl.NS(=O)(=O)OC[C@H]1C[C@@H](Nc2ncncc2C(=O)c2cc(C(O)(CCO)c3cccc(Cl)c3)c(Cl)s2)C[C@@H]1O.NS(=O)(=O)OC[C@H]1C[C@@H](Nc2ncncc2C(=O)c2cc(C3(c4cccc(Cl)c4)CCO3)c(Cl)s2)C[C@@H]1O. The van der Waals surface area contributed by atoms with E-state index in [2.05, 4.69) is 56.0 Å². The number of aliphatic hydroxyl groups is 4. The number of hydrogen-bond donors (Lipinski definition) is 9. The van der Waals surface area contributed by atoms with Crippen LogP contribution in [0.15, 0.2) is 85.7 Å². The molecule has 0 radical (unpaired) electrons. The Labute approximate surface area is 517 Å². The second-order valence-corrected chi connectivity index (χ2v) is 26.4. The molecule has 23 nitrogen and oxygen atoms in total. The molecule has 4 fully saturated rings. The van der Waals surface area contributed by atoms with Crippen molar-refractivity contribution < 1.29 is 64.7 Å². The lowest BCUT2D eigenvalue weighted by atomic mass is 9.81. The molecule has 0 bridgehead atoms. The molecular weight excluding hydrogens is 1280 g/mol. The number of aliphatic hydroxyl groups excluding tert-OH is 3. The lowest BCUT2D eigenvalue weighted by Gasteiger charge is -2.42. The Morgan fingerprint density at radius 2 is 1.23 bits per heavy atom. The van der Waals surface area contributed by atoms with Gasteiger partial charge in [-0.05, 0) is 97.8 Å². The van der Waals surface area contributed by atoms with Gasteiger partial charge in [0.2, 0.25) is 11.6 Å². The van der Waals surface area contributed by atoms with Crippen molar-refractivity contribution in [3.8, 4) is 0 Å². The first-order chi connectivity index (χ1) is 40.0. The summed E-state index contributed by atoms with van der Waals surface area (Å²) in [5.74, 6) is -1.20. The van der Waals surface area contributed by atoms with Crippen molar-refractivity contribution in [1.82, 2.24) is 19.9 Å². The molecule has 2 aromatic carbocycles. The summed E-state index contributed by atoms with van der Waals surface area (Å²) < 4.78 is 65.3. The van der Waals surface area contributed by atoms with Gasteiger partial charge in [-0.2, -0.15) is 16.8 Å². The number of nitrogens with one attached hydrogen (secondary N) is 2. The summed E-state index contributed by atoms with van der Waals surface area (Å²) in [5, 5.41) is 63.0. The highest BCUT2D eigenvalue weighted by molar-refractivity contribution is 7.84. The summed E-state index contributed by atoms with van der Waals surface area (Å²) in [6, 6.07) is 16.5. The molecule has 456 valence electrons. The van der Waals surface area contributed by atoms with Crippen molar-refractivity contribution in [2.24, 2.45) is 27.4 Å². The molecule has 4 aliphatic rings. The van der Waals surface area contributed by atoms with Gasteiger partial charge in [0.25, 0.3) is 0 Å². The maximum absolute atomic E-state index is 13.6. The number of nitrogens with two attached hydrogens (primary N) is 3. The molecule has 2 saturated carbocycles. The fourth-order valence-electron chi connectivity index (χ4n) is 10.1. The molecule has 10 rings (SSSR count). The standard InChI is InChI=1S/C24H26Cl2N4O7S2.C24H24Cl2N4O6S2.C4H8O.ClH2N/c25-15-3-1-2-14(7-15)24(34,4-5-31)18-9-20(38-22(18)26)21(33)17-10-28-12-29-23(17)30-16-6-13(19(32)8-16)11-37-39(27,35)36;25-15-3-1-2-14(7-15)24(4-5-35-24)18-9-20(37-22(18)26)21(32)17-10-28-12-29-23(17)30-16-6-13(19(31)8-16)11-36-38(27,33)34;1-2-4-5-3-1;1-2/h1-3,7,9-10,12-13,16,19,31-32,34H,4-6,8,11H2,(H2,27,35,36)(H,28,29,30);1-3,7,9-10,12-13,16,19,31H,4-6,8,11H2,(H2,27,33,34)(H,28,29,30);1-4H2;2H2/t2*13-,16-,19+,24?;;/m11../s1. The number of carbonyl (C=O) groups is 2. The average Bonchev–Trinajstić information content (AvgIpc) is 1.83. The molecule has 2 aliphatic heterocycles. The number of thiophene rings is 2. The van der Waals surface area contributed by atoms with Crippen LogP contribution in [0.3, 0.4) is 0 Å². The number of halogens is 5. The van der Waals surface area contributed by atoms with Gasteiger partial charge in [-0.15, -0.1) is 22.7 Å². The Balaban J connectivity index is 0.000000216. The normalized spacial score (nSPS) is 22.7. The van der Waals surface area contributed by atoms with Gasteiger partial charge in [0.1, 0.15) is 44.2 Å². The zero-order valence-electron chi connectivity index (χ0n) is 44.4. The number of rotatable bonds is 20. The summed E-state index contributed by atoms with van der Waals surface area (Å²) in [5.41, 5.74) is 0.111. The van der Waals surface area contributed by atoms with Crippen molar-refractivity contribution in [2.75, 3.05) is 50.3 Å². The lowest BCUT2D eigenvalue weighted by molar-refractivity contribution is -0.123. The van der Waals surface area contributed by atoms with Gasteiger partial charge >= 0.3 is 20.6 Å². The molecule has 2 aliphatic carbocycles. The van der Waals surface area contributed by atoms with E-state index in [-0.39, 0.29) is 82.3 Å². The molecule has 8 atom stereocenters. The summed E-state index contributed by atoms with van der Waals surface area (Å²) >= 11 is 31.8. The first-order valence-electron chi connectivity index (χ1n) is 25.8. The fraction of sp³-hybridized carbons (Fsp3) is 0.423. The first kappa shape index (κ1) is 67.4. The number of nitrogens with zero attached hydrogens (tertiary/aromatic N) is 4. The van der Waals surface area contributed by atoms with E-state index in [1.165, 1.54) is 44.0 Å². The Hall–Kier alpha value is -4.15. The molecule has 12 N–H and O–H groups in total. The highest BCUT2D eigenvalue weighted by atomic mass is 35.5. The summed E-state index contributed by atoms with van der Waals surface area (Å²) in [6.45, 7) is 1.70. The third-order valence-electron chi connectivity index (χ3n) is 14.2. The second-order valence-electron chi connectivity index (χ2n) is 19.8. The number of benzene rings is 2. The van der Waals surface area contributed by atoms with Gasteiger partial charge in [-0.1, -0.05) is 70.7 Å². The summed E-state index contributed by atoms with van der Waals surface area (Å²) in [7, 11) is -8.25. The Bertz CT molecular complexity index is 3450. The van der Waals surface area contributed by atoms with Crippen molar-refractivity contribution in [3.05, 3.63) is 148 Å². The van der Waals surface area contributed by atoms with E-state index in [0.29, 0.717) is 68.5 Å². The van der Waals surface area contributed by atoms with Crippen molar-refractivity contribution in [2.45, 2.75) is 86.9 Å². The van der Waals surface area contributed by atoms with Crippen LogP contribution in [-0.2, 0) is 49.7 Å². The van der Waals surface area contributed by atoms with Gasteiger partial charge in [0.05, 0.1) is 52.9 Å².